The molecule has 2 unspecified atom stereocenters. The summed E-state index contributed by atoms with van der Waals surface area (Å²) in [5, 5.41) is 4.20. The Hall–Kier alpha value is -1.68. The zero-order chi connectivity index (χ0) is 14.7. The maximum absolute atomic E-state index is 6.33. The molecule has 4 heteroatoms. The SMILES string of the molecule is CC(c1nc(C2CCCCC2)no1)C(N)c1ccccc1. The Balaban J connectivity index is 1.73. The fourth-order valence-corrected chi connectivity index (χ4v) is 3.08. The summed E-state index contributed by atoms with van der Waals surface area (Å²) in [6, 6.07) is 9.96. The van der Waals surface area contributed by atoms with E-state index in [0.717, 1.165) is 11.4 Å². The van der Waals surface area contributed by atoms with E-state index in [2.05, 4.69) is 17.1 Å². The Labute approximate surface area is 125 Å². The predicted molar refractivity (Wildman–Crippen MR) is 81.9 cm³/mol. The molecule has 1 heterocycles. The highest BCUT2D eigenvalue weighted by molar-refractivity contribution is 5.21. The molecule has 0 saturated heterocycles. The molecule has 0 spiro atoms. The highest BCUT2D eigenvalue weighted by Gasteiger charge is 2.25. The van der Waals surface area contributed by atoms with Crippen molar-refractivity contribution in [3.05, 3.63) is 47.6 Å². The Bertz CT molecular complexity index is 560. The van der Waals surface area contributed by atoms with Crippen LogP contribution in [0.5, 0.6) is 0 Å². The summed E-state index contributed by atoms with van der Waals surface area (Å²) in [5.41, 5.74) is 7.43. The lowest BCUT2D eigenvalue weighted by Crippen LogP contribution is -2.18. The van der Waals surface area contributed by atoms with Gasteiger partial charge in [-0.3, -0.25) is 0 Å². The molecular weight excluding hydrogens is 262 g/mol. The minimum absolute atomic E-state index is 0.0252. The van der Waals surface area contributed by atoms with Crippen molar-refractivity contribution < 1.29 is 4.52 Å². The molecule has 2 atom stereocenters. The van der Waals surface area contributed by atoms with Crippen LogP contribution in [-0.4, -0.2) is 10.1 Å². The van der Waals surface area contributed by atoms with Crippen LogP contribution in [0.2, 0.25) is 0 Å². The normalized spacial score (nSPS) is 19.3. The first-order chi connectivity index (χ1) is 10.3. The van der Waals surface area contributed by atoms with Crippen molar-refractivity contribution in [1.82, 2.24) is 10.1 Å². The quantitative estimate of drug-likeness (QED) is 0.924. The molecule has 2 aromatic rings. The largest absolute Gasteiger partial charge is 0.339 e. The number of nitrogens with two attached hydrogens (primary N) is 1. The van der Waals surface area contributed by atoms with Gasteiger partial charge in [-0.2, -0.15) is 4.98 Å². The van der Waals surface area contributed by atoms with Gasteiger partial charge in [-0.15, -0.1) is 0 Å². The highest BCUT2D eigenvalue weighted by Crippen LogP contribution is 2.33. The third-order valence-electron chi connectivity index (χ3n) is 4.54. The van der Waals surface area contributed by atoms with Crippen molar-refractivity contribution >= 4 is 0 Å². The second kappa shape index (κ2) is 6.39. The van der Waals surface area contributed by atoms with Crippen LogP contribution in [0.25, 0.3) is 0 Å². The fourth-order valence-electron chi connectivity index (χ4n) is 3.08. The molecule has 1 aliphatic carbocycles. The number of nitrogens with zero attached hydrogens (tertiary/aromatic N) is 2. The van der Waals surface area contributed by atoms with Crippen molar-refractivity contribution in [2.24, 2.45) is 5.73 Å². The average molecular weight is 285 g/mol. The fraction of sp³-hybridized carbons (Fsp3) is 0.529. The molecule has 1 aromatic carbocycles. The van der Waals surface area contributed by atoms with Crippen molar-refractivity contribution in [2.75, 3.05) is 0 Å². The van der Waals surface area contributed by atoms with Gasteiger partial charge in [-0.05, 0) is 18.4 Å². The summed E-state index contributed by atoms with van der Waals surface area (Å²) in [6.07, 6.45) is 6.23. The Morgan fingerprint density at radius 3 is 2.57 bits per heavy atom. The van der Waals surface area contributed by atoms with E-state index >= 15 is 0 Å². The molecule has 4 nitrogen and oxygen atoms in total. The molecule has 112 valence electrons. The molecule has 0 bridgehead atoms. The number of hydrogen-bond acceptors (Lipinski definition) is 4. The van der Waals surface area contributed by atoms with Gasteiger partial charge in [0.1, 0.15) is 0 Å². The number of hydrogen-bond donors (Lipinski definition) is 1. The Morgan fingerprint density at radius 2 is 1.86 bits per heavy atom. The van der Waals surface area contributed by atoms with E-state index in [-0.39, 0.29) is 12.0 Å². The topological polar surface area (TPSA) is 64.9 Å². The van der Waals surface area contributed by atoms with Gasteiger partial charge in [-0.1, -0.05) is 61.7 Å². The third kappa shape index (κ3) is 3.16. The second-order valence-corrected chi connectivity index (χ2v) is 6.05. The van der Waals surface area contributed by atoms with Crippen molar-refractivity contribution in [3.63, 3.8) is 0 Å². The van der Waals surface area contributed by atoms with Gasteiger partial charge in [0.2, 0.25) is 5.89 Å². The molecule has 3 rings (SSSR count). The predicted octanol–water partition coefficient (Wildman–Crippen LogP) is 3.92. The third-order valence-corrected chi connectivity index (χ3v) is 4.54. The zero-order valence-corrected chi connectivity index (χ0v) is 12.5. The first-order valence-corrected chi connectivity index (χ1v) is 7.89. The van der Waals surface area contributed by atoms with Gasteiger partial charge in [-0.25, -0.2) is 0 Å². The molecular formula is C17H23N3O. The number of aromatic nitrogens is 2. The molecule has 1 aromatic heterocycles. The zero-order valence-electron chi connectivity index (χ0n) is 12.5. The molecule has 0 amide bonds. The Morgan fingerprint density at radius 1 is 1.14 bits per heavy atom. The van der Waals surface area contributed by atoms with Crippen LogP contribution in [0.15, 0.2) is 34.9 Å². The van der Waals surface area contributed by atoms with Gasteiger partial charge in [0.05, 0.1) is 5.92 Å². The number of rotatable bonds is 4. The van der Waals surface area contributed by atoms with E-state index in [9.17, 15) is 0 Å². The van der Waals surface area contributed by atoms with Crippen molar-refractivity contribution in [1.29, 1.82) is 0 Å². The van der Waals surface area contributed by atoms with Crippen LogP contribution in [-0.2, 0) is 0 Å². The first kappa shape index (κ1) is 14.3. The monoisotopic (exact) mass is 285 g/mol. The smallest absolute Gasteiger partial charge is 0.231 e. The molecule has 0 radical (unpaired) electrons. The molecule has 1 aliphatic rings. The summed E-state index contributed by atoms with van der Waals surface area (Å²) in [7, 11) is 0. The molecule has 21 heavy (non-hydrogen) atoms. The standard InChI is InChI=1S/C17H23N3O/c1-12(15(18)13-8-4-2-5-9-13)17-19-16(20-21-17)14-10-6-3-7-11-14/h2,4-5,8-9,12,14-15H,3,6-7,10-11,18H2,1H3. The lowest BCUT2D eigenvalue weighted by Gasteiger charge is -2.18. The molecule has 0 aliphatic heterocycles. The highest BCUT2D eigenvalue weighted by atomic mass is 16.5. The summed E-state index contributed by atoms with van der Waals surface area (Å²) in [6.45, 7) is 2.05. The molecule has 1 fully saturated rings. The molecule has 2 N–H and O–H groups in total. The van der Waals surface area contributed by atoms with E-state index in [1.54, 1.807) is 0 Å². The number of benzene rings is 1. The summed E-state index contributed by atoms with van der Waals surface area (Å²) in [4.78, 5) is 4.62. The van der Waals surface area contributed by atoms with Crippen LogP contribution in [0.3, 0.4) is 0 Å². The van der Waals surface area contributed by atoms with Gasteiger partial charge < -0.3 is 10.3 Å². The first-order valence-electron chi connectivity index (χ1n) is 7.89. The van der Waals surface area contributed by atoms with Crippen LogP contribution in [0, 0.1) is 0 Å². The maximum atomic E-state index is 6.33. The van der Waals surface area contributed by atoms with Gasteiger partial charge in [0.15, 0.2) is 5.82 Å². The lowest BCUT2D eigenvalue weighted by molar-refractivity contribution is 0.333. The average Bonchev–Trinajstić information content (AvgIpc) is 3.05. The van der Waals surface area contributed by atoms with E-state index in [0.29, 0.717) is 11.8 Å². The van der Waals surface area contributed by atoms with Crippen LogP contribution in [0.1, 0.15) is 74.2 Å². The Kier molecular flexibility index (Phi) is 4.34. The summed E-state index contributed by atoms with van der Waals surface area (Å²) < 4.78 is 5.48. The summed E-state index contributed by atoms with van der Waals surface area (Å²) in [5.74, 6) is 2.03. The van der Waals surface area contributed by atoms with E-state index in [1.165, 1.54) is 32.1 Å². The van der Waals surface area contributed by atoms with Gasteiger partial charge >= 0.3 is 0 Å². The van der Waals surface area contributed by atoms with E-state index < -0.39 is 0 Å². The van der Waals surface area contributed by atoms with Gasteiger partial charge in [0.25, 0.3) is 0 Å². The van der Waals surface area contributed by atoms with Gasteiger partial charge in [0, 0.05) is 12.0 Å². The van der Waals surface area contributed by atoms with Crippen molar-refractivity contribution in [3.8, 4) is 0 Å². The van der Waals surface area contributed by atoms with Crippen LogP contribution >= 0.6 is 0 Å². The van der Waals surface area contributed by atoms with Crippen LogP contribution < -0.4 is 5.73 Å². The summed E-state index contributed by atoms with van der Waals surface area (Å²) >= 11 is 0. The lowest BCUT2D eigenvalue weighted by atomic mass is 9.89. The molecule has 1 saturated carbocycles. The maximum Gasteiger partial charge on any atom is 0.231 e. The van der Waals surface area contributed by atoms with E-state index in [4.69, 9.17) is 10.3 Å². The van der Waals surface area contributed by atoms with Crippen molar-refractivity contribution in [2.45, 2.75) is 56.9 Å². The minimum atomic E-state index is -0.120. The second-order valence-electron chi connectivity index (χ2n) is 6.05. The van der Waals surface area contributed by atoms with E-state index in [1.807, 2.05) is 30.3 Å². The minimum Gasteiger partial charge on any atom is -0.339 e. The van der Waals surface area contributed by atoms with Crippen LogP contribution in [0.4, 0.5) is 0 Å².